The predicted octanol–water partition coefficient (Wildman–Crippen LogP) is 4.02. The minimum absolute atomic E-state index is 0.352. The van der Waals surface area contributed by atoms with Crippen LogP contribution in [0.5, 0.6) is 0 Å². The highest BCUT2D eigenvalue weighted by Crippen LogP contribution is 2.32. The molecule has 4 nitrogen and oxygen atoms in total. The number of hydrogen-bond acceptors (Lipinski definition) is 2. The van der Waals surface area contributed by atoms with E-state index in [1.54, 1.807) is 0 Å². The van der Waals surface area contributed by atoms with Gasteiger partial charge in [0.15, 0.2) is 5.54 Å². The van der Waals surface area contributed by atoms with Gasteiger partial charge in [-0.05, 0) is 23.1 Å². The number of nitrogens with one attached hydrogen (secondary N) is 2. The highest BCUT2D eigenvalue weighted by molar-refractivity contribution is 6.09. The van der Waals surface area contributed by atoms with E-state index in [0.29, 0.717) is 0 Å². The third-order valence-corrected chi connectivity index (χ3v) is 4.53. The second kappa shape index (κ2) is 8.32. The number of hydrogen-bond donors (Lipinski definition) is 2. The van der Waals surface area contributed by atoms with Crippen molar-refractivity contribution in [2.45, 2.75) is 18.9 Å². The summed E-state index contributed by atoms with van der Waals surface area (Å²) in [6.45, 7) is 2.16. The SMILES string of the molecule is CCc1ccccc1.O=C1NC(=O)C(c2ccccc2)(c2ccccc2)N1. The molecule has 1 saturated heterocycles. The molecular formula is C23H22N2O2. The Hall–Kier alpha value is -3.40. The van der Waals surface area contributed by atoms with Crippen molar-refractivity contribution in [1.29, 1.82) is 0 Å². The monoisotopic (exact) mass is 358 g/mol. The van der Waals surface area contributed by atoms with Crippen LogP contribution in [0.2, 0.25) is 0 Å². The van der Waals surface area contributed by atoms with Gasteiger partial charge >= 0.3 is 6.03 Å². The van der Waals surface area contributed by atoms with Crippen LogP contribution in [0.4, 0.5) is 4.79 Å². The summed E-state index contributed by atoms with van der Waals surface area (Å²) in [5.41, 5.74) is 1.75. The Balaban J connectivity index is 0.000000221. The Bertz CT molecular complexity index is 854. The van der Waals surface area contributed by atoms with E-state index >= 15 is 0 Å². The van der Waals surface area contributed by atoms with Crippen molar-refractivity contribution >= 4 is 11.9 Å². The minimum atomic E-state index is -1.14. The first-order valence-electron chi connectivity index (χ1n) is 8.95. The van der Waals surface area contributed by atoms with Gasteiger partial charge in [0.2, 0.25) is 0 Å². The van der Waals surface area contributed by atoms with Crippen molar-refractivity contribution in [3.63, 3.8) is 0 Å². The van der Waals surface area contributed by atoms with Gasteiger partial charge in [-0.3, -0.25) is 10.1 Å². The molecule has 0 unspecified atom stereocenters. The van der Waals surface area contributed by atoms with E-state index in [2.05, 4.69) is 41.8 Å². The average Bonchev–Trinajstić information content (AvgIpc) is 3.05. The fourth-order valence-electron chi connectivity index (χ4n) is 3.12. The fraction of sp³-hybridized carbons (Fsp3) is 0.130. The zero-order valence-corrected chi connectivity index (χ0v) is 15.2. The molecule has 1 heterocycles. The van der Waals surface area contributed by atoms with Crippen LogP contribution in [0.3, 0.4) is 0 Å². The maximum Gasteiger partial charge on any atom is 0.322 e. The third kappa shape index (κ3) is 3.90. The van der Waals surface area contributed by atoms with Crippen LogP contribution < -0.4 is 10.6 Å². The summed E-state index contributed by atoms with van der Waals surface area (Å²) in [6.07, 6.45) is 1.14. The smallest absolute Gasteiger partial charge is 0.316 e. The summed E-state index contributed by atoms with van der Waals surface area (Å²) in [4.78, 5) is 23.9. The highest BCUT2D eigenvalue weighted by Gasteiger charge is 2.48. The molecule has 1 aliphatic rings. The number of benzene rings is 3. The molecule has 27 heavy (non-hydrogen) atoms. The quantitative estimate of drug-likeness (QED) is 0.695. The van der Waals surface area contributed by atoms with E-state index in [9.17, 15) is 9.59 Å². The molecule has 3 aromatic carbocycles. The Morgan fingerprint density at radius 3 is 1.48 bits per heavy atom. The number of carbonyl (C=O) groups excluding carboxylic acids is 2. The molecule has 3 aromatic rings. The molecular weight excluding hydrogens is 336 g/mol. The van der Waals surface area contributed by atoms with Gasteiger partial charge in [0, 0.05) is 0 Å². The second-order valence-corrected chi connectivity index (χ2v) is 6.23. The van der Waals surface area contributed by atoms with Crippen molar-refractivity contribution in [3.8, 4) is 0 Å². The lowest BCUT2D eigenvalue weighted by Crippen LogP contribution is -2.44. The van der Waals surface area contributed by atoms with E-state index < -0.39 is 11.6 Å². The number of imide groups is 1. The number of carbonyl (C=O) groups is 2. The molecule has 0 spiro atoms. The fourth-order valence-corrected chi connectivity index (χ4v) is 3.12. The lowest BCUT2D eigenvalue weighted by Gasteiger charge is -2.27. The van der Waals surface area contributed by atoms with Crippen molar-refractivity contribution in [1.82, 2.24) is 10.6 Å². The maximum atomic E-state index is 12.3. The second-order valence-electron chi connectivity index (χ2n) is 6.23. The minimum Gasteiger partial charge on any atom is -0.316 e. The van der Waals surface area contributed by atoms with Gasteiger partial charge in [-0.15, -0.1) is 0 Å². The number of amides is 3. The number of urea groups is 1. The van der Waals surface area contributed by atoms with Gasteiger partial charge in [-0.25, -0.2) is 4.79 Å². The molecule has 3 amide bonds. The summed E-state index contributed by atoms with van der Waals surface area (Å²) in [5, 5.41) is 5.07. The summed E-state index contributed by atoms with van der Waals surface area (Å²) in [7, 11) is 0. The summed E-state index contributed by atoms with van der Waals surface area (Å²) in [6, 6.07) is 28.4. The third-order valence-electron chi connectivity index (χ3n) is 4.53. The normalized spacial score (nSPS) is 14.6. The Kier molecular flexibility index (Phi) is 5.67. The van der Waals surface area contributed by atoms with Gasteiger partial charge in [-0.2, -0.15) is 0 Å². The molecule has 0 saturated carbocycles. The molecule has 4 rings (SSSR count). The maximum absolute atomic E-state index is 12.3. The predicted molar refractivity (Wildman–Crippen MR) is 106 cm³/mol. The van der Waals surface area contributed by atoms with Crippen molar-refractivity contribution in [2.75, 3.05) is 0 Å². The van der Waals surface area contributed by atoms with E-state index in [-0.39, 0.29) is 5.91 Å². The Labute approximate surface area is 159 Å². The van der Waals surface area contributed by atoms with Gasteiger partial charge in [0.25, 0.3) is 5.91 Å². The van der Waals surface area contributed by atoms with Crippen molar-refractivity contribution < 1.29 is 9.59 Å². The van der Waals surface area contributed by atoms with Gasteiger partial charge in [-0.1, -0.05) is 97.9 Å². The molecule has 2 N–H and O–H groups in total. The lowest BCUT2D eigenvalue weighted by atomic mass is 9.83. The highest BCUT2D eigenvalue weighted by atomic mass is 16.2. The number of aryl methyl sites for hydroxylation is 1. The molecule has 0 bridgehead atoms. The van der Waals surface area contributed by atoms with Crippen LogP contribution in [0.25, 0.3) is 0 Å². The molecule has 0 radical (unpaired) electrons. The first kappa shape index (κ1) is 18.4. The first-order valence-corrected chi connectivity index (χ1v) is 8.95. The molecule has 0 aliphatic carbocycles. The molecule has 4 heteroatoms. The van der Waals surface area contributed by atoms with E-state index in [1.807, 2.05) is 66.7 Å². The molecule has 0 aromatic heterocycles. The van der Waals surface area contributed by atoms with Crippen molar-refractivity contribution in [3.05, 3.63) is 108 Å². The Morgan fingerprint density at radius 2 is 1.15 bits per heavy atom. The van der Waals surface area contributed by atoms with Crippen LogP contribution >= 0.6 is 0 Å². The zero-order valence-electron chi connectivity index (χ0n) is 15.2. The molecule has 1 fully saturated rings. The molecule has 136 valence electrons. The standard InChI is InChI=1S/C15H12N2O2.C8H10/c18-13-15(17-14(19)16-13,11-7-3-1-4-8-11)12-9-5-2-6-10-12;1-2-8-6-4-3-5-7-8/h1-10H,(H2,16,17,18,19);3-7H,2H2,1H3. The topological polar surface area (TPSA) is 58.2 Å². The first-order chi connectivity index (χ1) is 13.2. The van der Waals surface area contributed by atoms with Crippen LogP contribution in [-0.2, 0) is 16.8 Å². The van der Waals surface area contributed by atoms with Crippen molar-refractivity contribution in [2.24, 2.45) is 0 Å². The van der Waals surface area contributed by atoms with Crippen LogP contribution in [0.15, 0.2) is 91.0 Å². The van der Waals surface area contributed by atoms with Gasteiger partial charge in [0.05, 0.1) is 0 Å². The summed E-state index contributed by atoms with van der Waals surface area (Å²) >= 11 is 0. The molecule has 1 aliphatic heterocycles. The lowest BCUT2D eigenvalue weighted by molar-refractivity contribution is -0.122. The van der Waals surface area contributed by atoms with E-state index in [0.717, 1.165) is 17.5 Å². The summed E-state index contributed by atoms with van der Waals surface area (Å²) < 4.78 is 0. The molecule has 0 atom stereocenters. The van der Waals surface area contributed by atoms with Crippen LogP contribution in [0.1, 0.15) is 23.6 Å². The largest absolute Gasteiger partial charge is 0.322 e. The van der Waals surface area contributed by atoms with E-state index in [1.165, 1.54) is 5.56 Å². The van der Waals surface area contributed by atoms with E-state index in [4.69, 9.17) is 0 Å². The zero-order chi connectivity index (χ0) is 19.1. The number of rotatable bonds is 3. The summed E-state index contributed by atoms with van der Waals surface area (Å²) in [5.74, 6) is -0.352. The average molecular weight is 358 g/mol. The van der Waals surface area contributed by atoms with Gasteiger partial charge < -0.3 is 5.32 Å². The van der Waals surface area contributed by atoms with Gasteiger partial charge in [0.1, 0.15) is 0 Å². The Morgan fingerprint density at radius 1 is 0.704 bits per heavy atom. The van der Waals surface area contributed by atoms with Crippen LogP contribution in [-0.4, -0.2) is 11.9 Å². The van der Waals surface area contributed by atoms with Crippen LogP contribution in [0, 0.1) is 0 Å².